The number of alkyl halides is 1. The van der Waals surface area contributed by atoms with Crippen LogP contribution in [0.4, 0.5) is 5.69 Å². The molecule has 35 heavy (non-hydrogen) atoms. The molecule has 190 valence electrons. The molecule has 6 heteroatoms. The lowest BCUT2D eigenvalue weighted by molar-refractivity contribution is -0.154. The van der Waals surface area contributed by atoms with E-state index in [0.717, 1.165) is 25.7 Å². The Morgan fingerprint density at radius 2 is 1.54 bits per heavy atom. The number of aryl methyl sites for hydroxylation is 1. The van der Waals surface area contributed by atoms with Gasteiger partial charge in [0.15, 0.2) is 11.7 Å². The zero-order valence-electron chi connectivity index (χ0n) is 21.1. The number of halogens is 1. The number of para-hydroxylation sites is 1. The van der Waals surface area contributed by atoms with Gasteiger partial charge in [-0.3, -0.25) is 14.4 Å². The van der Waals surface area contributed by atoms with Crippen molar-refractivity contribution in [1.82, 2.24) is 0 Å². The Bertz CT molecular complexity index is 945. The quantitative estimate of drug-likeness (QED) is 0.0931. The summed E-state index contributed by atoms with van der Waals surface area (Å²) in [4.78, 5) is 40.0. The molecule has 0 bridgehead atoms. The maximum absolute atomic E-state index is 13.4. The van der Waals surface area contributed by atoms with Crippen LogP contribution < -0.4 is 5.32 Å². The number of esters is 1. The van der Waals surface area contributed by atoms with Crippen molar-refractivity contribution in [1.29, 1.82) is 0 Å². The maximum Gasteiger partial charge on any atom is 0.326 e. The highest BCUT2D eigenvalue weighted by Gasteiger charge is 2.38. The lowest BCUT2D eigenvalue weighted by Gasteiger charge is -2.22. The third-order valence-electron chi connectivity index (χ3n) is 6.01. The third kappa shape index (κ3) is 9.85. The fourth-order valence-electron chi connectivity index (χ4n) is 3.96. The lowest BCUT2D eigenvalue weighted by Crippen LogP contribution is -2.39. The highest BCUT2D eigenvalue weighted by molar-refractivity contribution is 6.25. The topological polar surface area (TPSA) is 72.5 Å². The van der Waals surface area contributed by atoms with Crippen LogP contribution in [0.25, 0.3) is 0 Å². The molecular weight excluding hydrogens is 462 g/mol. The number of benzene rings is 2. The van der Waals surface area contributed by atoms with E-state index in [1.54, 1.807) is 49.4 Å². The Balaban J connectivity index is 2.22. The molecule has 2 aromatic carbocycles. The first-order valence-corrected chi connectivity index (χ1v) is 13.1. The van der Waals surface area contributed by atoms with Crippen molar-refractivity contribution in [2.45, 2.75) is 83.6 Å². The van der Waals surface area contributed by atoms with Crippen molar-refractivity contribution >= 4 is 34.9 Å². The second kappa shape index (κ2) is 15.4. The number of nitrogens with one attached hydrogen (secondary N) is 1. The Morgan fingerprint density at radius 1 is 0.886 bits per heavy atom. The van der Waals surface area contributed by atoms with Crippen molar-refractivity contribution in [3.05, 3.63) is 65.7 Å². The predicted octanol–water partition coefficient (Wildman–Crippen LogP) is 7.11. The fourth-order valence-corrected chi connectivity index (χ4v) is 4.09. The van der Waals surface area contributed by atoms with E-state index in [-0.39, 0.29) is 11.5 Å². The van der Waals surface area contributed by atoms with Crippen molar-refractivity contribution in [3.63, 3.8) is 0 Å². The zero-order chi connectivity index (χ0) is 25.6. The molecule has 2 rings (SSSR count). The number of carbonyl (C=O) groups excluding carboxylic acids is 3. The molecule has 0 fully saturated rings. The lowest BCUT2D eigenvalue weighted by atomic mass is 9.93. The molecule has 3 atom stereocenters. The average Bonchev–Trinajstić information content (AvgIpc) is 2.83. The van der Waals surface area contributed by atoms with Crippen molar-refractivity contribution in [3.8, 4) is 0 Å². The predicted molar refractivity (Wildman–Crippen MR) is 142 cm³/mol. The van der Waals surface area contributed by atoms with E-state index < -0.39 is 23.6 Å². The summed E-state index contributed by atoms with van der Waals surface area (Å²) in [7, 11) is 0. The van der Waals surface area contributed by atoms with Gasteiger partial charge in [-0.2, -0.15) is 0 Å². The Kier molecular flexibility index (Phi) is 12.5. The van der Waals surface area contributed by atoms with Gasteiger partial charge in [0.1, 0.15) is 6.10 Å². The van der Waals surface area contributed by atoms with Crippen molar-refractivity contribution < 1.29 is 19.1 Å². The number of carbonyl (C=O) groups is 3. The number of anilines is 1. The molecule has 3 unspecified atom stereocenters. The van der Waals surface area contributed by atoms with Gasteiger partial charge < -0.3 is 10.1 Å². The molecule has 0 aromatic heterocycles. The zero-order valence-corrected chi connectivity index (χ0v) is 21.9. The molecule has 1 amide bonds. The molecule has 1 N–H and O–H groups in total. The minimum absolute atomic E-state index is 0.0536. The first-order chi connectivity index (χ1) is 16.8. The van der Waals surface area contributed by atoms with Gasteiger partial charge >= 0.3 is 5.97 Å². The minimum atomic E-state index is -1.59. The van der Waals surface area contributed by atoms with Crippen LogP contribution in [0.1, 0.15) is 81.1 Å². The number of ether oxygens (including phenoxy) is 1. The summed E-state index contributed by atoms with van der Waals surface area (Å²) >= 11 is 6.15. The van der Waals surface area contributed by atoms with E-state index in [9.17, 15) is 14.4 Å². The number of rotatable bonds is 15. The fraction of sp³-hybridized carbons (Fsp3) is 0.483. The second-order valence-corrected chi connectivity index (χ2v) is 9.83. The molecule has 0 aliphatic heterocycles. The SMILES string of the molecule is CCCCCCCC(CCC(C)Cl)OC(=O)C(C(=O)Nc1ccccc1)C(=O)c1ccccc1C. The van der Waals surface area contributed by atoms with Crippen LogP contribution in [0.15, 0.2) is 54.6 Å². The first-order valence-electron chi connectivity index (χ1n) is 12.6. The van der Waals surface area contributed by atoms with Crippen LogP contribution in [0.5, 0.6) is 0 Å². The molecule has 0 saturated carbocycles. The number of unbranched alkanes of at least 4 members (excludes halogenated alkanes) is 4. The van der Waals surface area contributed by atoms with Gasteiger partial charge in [0.05, 0.1) is 0 Å². The Hall–Kier alpha value is -2.66. The number of hydrogen-bond acceptors (Lipinski definition) is 4. The van der Waals surface area contributed by atoms with Gasteiger partial charge in [-0.05, 0) is 57.2 Å². The third-order valence-corrected chi connectivity index (χ3v) is 6.23. The van der Waals surface area contributed by atoms with Gasteiger partial charge in [-0.1, -0.05) is 75.1 Å². The monoisotopic (exact) mass is 499 g/mol. The van der Waals surface area contributed by atoms with E-state index in [4.69, 9.17) is 16.3 Å². The highest BCUT2D eigenvalue weighted by atomic mass is 35.5. The molecule has 0 heterocycles. The normalized spacial score (nSPS) is 13.5. The van der Waals surface area contributed by atoms with Crippen LogP contribution in [-0.4, -0.2) is 29.1 Å². The van der Waals surface area contributed by atoms with Gasteiger partial charge in [0.2, 0.25) is 5.91 Å². The van der Waals surface area contributed by atoms with E-state index in [1.165, 1.54) is 6.42 Å². The van der Waals surface area contributed by atoms with E-state index in [2.05, 4.69) is 12.2 Å². The van der Waals surface area contributed by atoms with E-state index in [0.29, 0.717) is 36.1 Å². The minimum Gasteiger partial charge on any atom is -0.461 e. The Morgan fingerprint density at radius 3 is 2.20 bits per heavy atom. The standard InChI is InChI=1S/C29H38ClNO4/c1-4-5-6-7-11-17-24(20-19-22(3)30)35-29(34)26(27(32)25-18-13-12-14-21(25)2)28(33)31-23-15-9-8-10-16-23/h8-10,12-16,18,22,24,26H,4-7,11,17,19-20H2,1-3H3,(H,31,33). The van der Waals surface area contributed by atoms with Crippen LogP contribution in [-0.2, 0) is 14.3 Å². The van der Waals surface area contributed by atoms with Gasteiger partial charge in [-0.15, -0.1) is 11.6 Å². The van der Waals surface area contributed by atoms with Crippen LogP contribution in [0, 0.1) is 12.8 Å². The molecule has 0 aliphatic carbocycles. The molecule has 0 aliphatic rings. The van der Waals surface area contributed by atoms with Gasteiger partial charge in [0, 0.05) is 16.6 Å². The highest BCUT2D eigenvalue weighted by Crippen LogP contribution is 2.22. The summed E-state index contributed by atoms with van der Waals surface area (Å²) in [5.74, 6) is -3.66. The van der Waals surface area contributed by atoms with Crippen LogP contribution in [0.2, 0.25) is 0 Å². The van der Waals surface area contributed by atoms with Crippen LogP contribution in [0.3, 0.4) is 0 Å². The van der Waals surface area contributed by atoms with Crippen molar-refractivity contribution in [2.75, 3.05) is 5.32 Å². The van der Waals surface area contributed by atoms with Gasteiger partial charge in [0.25, 0.3) is 0 Å². The summed E-state index contributed by atoms with van der Waals surface area (Å²) in [5.41, 5.74) is 1.55. The largest absolute Gasteiger partial charge is 0.461 e. The number of ketones is 1. The van der Waals surface area contributed by atoms with Crippen molar-refractivity contribution in [2.24, 2.45) is 5.92 Å². The average molecular weight is 500 g/mol. The molecule has 2 aromatic rings. The van der Waals surface area contributed by atoms with Crippen LogP contribution >= 0.6 is 11.6 Å². The Labute approximate surface area is 214 Å². The molecule has 0 spiro atoms. The summed E-state index contributed by atoms with van der Waals surface area (Å²) in [6.07, 6.45) is 7.01. The molecule has 5 nitrogen and oxygen atoms in total. The summed E-state index contributed by atoms with van der Waals surface area (Å²) in [6.45, 7) is 5.85. The second-order valence-electron chi connectivity index (χ2n) is 9.09. The first kappa shape index (κ1) is 28.6. The summed E-state index contributed by atoms with van der Waals surface area (Å²) in [5, 5.41) is 2.65. The maximum atomic E-state index is 13.4. The molecular formula is C29H38ClNO4. The summed E-state index contributed by atoms with van der Waals surface area (Å²) in [6, 6.07) is 15.7. The van der Waals surface area contributed by atoms with Gasteiger partial charge in [-0.25, -0.2) is 0 Å². The molecule has 0 saturated heterocycles. The van der Waals surface area contributed by atoms with E-state index in [1.807, 2.05) is 19.1 Å². The number of amides is 1. The van der Waals surface area contributed by atoms with E-state index >= 15 is 0 Å². The summed E-state index contributed by atoms with van der Waals surface area (Å²) < 4.78 is 5.83. The number of hydrogen-bond donors (Lipinski definition) is 1. The number of Topliss-reactive ketones (excluding diaryl/α,β-unsaturated/α-hetero) is 1. The smallest absolute Gasteiger partial charge is 0.326 e. The molecule has 0 radical (unpaired) electrons.